The van der Waals surface area contributed by atoms with Crippen molar-refractivity contribution in [2.45, 2.75) is 32.9 Å². The summed E-state index contributed by atoms with van der Waals surface area (Å²) in [6.07, 6.45) is 0. The van der Waals surface area contributed by atoms with Crippen molar-refractivity contribution in [1.82, 2.24) is 10.2 Å². The Morgan fingerprint density at radius 2 is 1.90 bits per heavy atom. The van der Waals surface area contributed by atoms with Gasteiger partial charge in [0.05, 0.1) is 12.6 Å². The molecule has 4 nitrogen and oxygen atoms in total. The van der Waals surface area contributed by atoms with E-state index in [0.717, 1.165) is 5.56 Å². The average Bonchev–Trinajstić information content (AvgIpc) is 2.40. The molecule has 2 amide bonds. The van der Waals surface area contributed by atoms with E-state index in [0.29, 0.717) is 5.02 Å². The van der Waals surface area contributed by atoms with Crippen LogP contribution in [0.1, 0.15) is 32.4 Å². The summed E-state index contributed by atoms with van der Waals surface area (Å²) >= 11 is 6.21. The molecule has 1 N–H and O–H groups in total. The Kier molecular flexibility index (Phi) is 4.33. The fourth-order valence-corrected chi connectivity index (χ4v) is 2.98. The number of nitrogens with zero attached hydrogens (tertiary/aromatic N) is 1. The zero-order valence-corrected chi connectivity index (χ0v) is 12.6. The second-order valence-corrected chi connectivity index (χ2v) is 5.81. The molecule has 1 saturated heterocycles. The second kappa shape index (κ2) is 5.83. The molecule has 1 aliphatic heterocycles. The van der Waals surface area contributed by atoms with E-state index >= 15 is 0 Å². The van der Waals surface area contributed by atoms with Crippen LogP contribution >= 0.6 is 11.6 Å². The number of piperazine rings is 1. The van der Waals surface area contributed by atoms with Gasteiger partial charge in [0.1, 0.15) is 6.04 Å². The van der Waals surface area contributed by atoms with Gasteiger partial charge < -0.3 is 10.2 Å². The Hall–Kier alpha value is -1.55. The first kappa shape index (κ1) is 14.9. The summed E-state index contributed by atoms with van der Waals surface area (Å²) in [5.74, 6) is -0.126. The normalized spacial score (nSPS) is 21.1. The Balaban J connectivity index is 2.38. The van der Waals surface area contributed by atoms with Crippen LogP contribution < -0.4 is 5.32 Å². The van der Waals surface area contributed by atoms with Gasteiger partial charge in [-0.3, -0.25) is 9.59 Å². The highest BCUT2D eigenvalue weighted by molar-refractivity contribution is 6.31. The molecule has 0 bridgehead atoms. The minimum absolute atomic E-state index is 0.0455. The van der Waals surface area contributed by atoms with Crippen molar-refractivity contribution in [1.29, 1.82) is 0 Å². The van der Waals surface area contributed by atoms with Crippen LogP contribution in [0, 0.1) is 5.92 Å². The highest BCUT2D eigenvalue weighted by Crippen LogP contribution is 2.31. The number of hydrogen-bond donors (Lipinski definition) is 1. The molecule has 0 radical (unpaired) electrons. The van der Waals surface area contributed by atoms with Gasteiger partial charge >= 0.3 is 0 Å². The third-order valence-electron chi connectivity index (χ3n) is 3.67. The maximum Gasteiger partial charge on any atom is 0.243 e. The van der Waals surface area contributed by atoms with Gasteiger partial charge in [-0.2, -0.15) is 0 Å². The third kappa shape index (κ3) is 2.66. The predicted octanol–water partition coefficient (Wildman–Crippen LogP) is 2.38. The van der Waals surface area contributed by atoms with Crippen LogP contribution in [-0.2, 0) is 9.59 Å². The Morgan fingerprint density at radius 1 is 1.25 bits per heavy atom. The molecular formula is C15H19ClN2O2. The minimum Gasteiger partial charge on any atom is -0.345 e. The average molecular weight is 295 g/mol. The zero-order chi connectivity index (χ0) is 14.9. The quantitative estimate of drug-likeness (QED) is 0.930. The molecule has 2 rings (SSSR count). The standard InChI is InChI=1S/C15H19ClN2O2/c1-9(2)14-15(20)17-8-13(19)18(14)10(3)11-6-4-5-7-12(11)16/h4-7,9-10,14H,8H2,1-3H3,(H,17,20). The summed E-state index contributed by atoms with van der Waals surface area (Å²) in [6.45, 7) is 5.84. The number of hydrogen-bond acceptors (Lipinski definition) is 2. The van der Waals surface area contributed by atoms with Crippen molar-refractivity contribution in [2.75, 3.05) is 6.54 Å². The summed E-state index contributed by atoms with van der Waals surface area (Å²) in [5.41, 5.74) is 0.864. The van der Waals surface area contributed by atoms with Gasteiger partial charge in [0, 0.05) is 5.02 Å². The SMILES string of the molecule is CC(C)C1C(=O)NCC(=O)N1C(C)c1ccccc1Cl. The fourth-order valence-electron chi connectivity index (χ4n) is 2.68. The molecule has 0 aliphatic carbocycles. The first-order valence-corrected chi connectivity index (χ1v) is 7.14. The maximum absolute atomic E-state index is 12.2. The largest absolute Gasteiger partial charge is 0.345 e. The van der Waals surface area contributed by atoms with E-state index in [1.165, 1.54) is 0 Å². The Morgan fingerprint density at radius 3 is 2.50 bits per heavy atom. The molecule has 20 heavy (non-hydrogen) atoms. The molecular weight excluding hydrogens is 276 g/mol. The van der Waals surface area contributed by atoms with E-state index in [-0.39, 0.29) is 30.3 Å². The van der Waals surface area contributed by atoms with Crippen molar-refractivity contribution in [2.24, 2.45) is 5.92 Å². The first-order chi connectivity index (χ1) is 9.43. The van der Waals surface area contributed by atoms with Crippen molar-refractivity contribution in [3.63, 3.8) is 0 Å². The van der Waals surface area contributed by atoms with Crippen molar-refractivity contribution in [3.05, 3.63) is 34.9 Å². The van der Waals surface area contributed by atoms with Gasteiger partial charge in [-0.1, -0.05) is 43.6 Å². The molecule has 1 aromatic carbocycles. The van der Waals surface area contributed by atoms with Crippen LogP contribution in [0.4, 0.5) is 0 Å². The number of rotatable bonds is 3. The molecule has 1 heterocycles. The molecule has 108 valence electrons. The van der Waals surface area contributed by atoms with E-state index < -0.39 is 6.04 Å². The Labute approximate surface area is 124 Å². The lowest BCUT2D eigenvalue weighted by Crippen LogP contribution is -2.60. The summed E-state index contributed by atoms with van der Waals surface area (Å²) in [7, 11) is 0. The van der Waals surface area contributed by atoms with Crippen LogP contribution in [0.15, 0.2) is 24.3 Å². The molecule has 0 saturated carbocycles. The number of halogens is 1. The van der Waals surface area contributed by atoms with Crippen LogP contribution in [0.5, 0.6) is 0 Å². The lowest BCUT2D eigenvalue weighted by Gasteiger charge is -2.41. The molecule has 1 aromatic rings. The molecule has 2 atom stereocenters. The summed E-state index contributed by atoms with van der Waals surface area (Å²) in [4.78, 5) is 26.0. The number of nitrogens with one attached hydrogen (secondary N) is 1. The molecule has 0 spiro atoms. The van der Waals surface area contributed by atoms with Gasteiger partial charge in [-0.05, 0) is 24.5 Å². The van der Waals surface area contributed by atoms with Gasteiger partial charge in [0.2, 0.25) is 11.8 Å². The van der Waals surface area contributed by atoms with Crippen LogP contribution in [0.3, 0.4) is 0 Å². The third-order valence-corrected chi connectivity index (χ3v) is 4.02. The smallest absolute Gasteiger partial charge is 0.243 e. The van der Waals surface area contributed by atoms with E-state index in [4.69, 9.17) is 11.6 Å². The molecule has 1 fully saturated rings. The second-order valence-electron chi connectivity index (χ2n) is 5.41. The number of benzene rings is 1. The Bertz CT molecular complexity index is 530. The van der Waals surface area contributed by atoms with Crippen molar-refractivity contribution >= 4 is 23.4 Å². The van der Waals surface area contributed by atoms with E-state index in [1.807, 2.05) is 39.0 Å². The molecule has 2 unspecified atom stereocenters. The minimum atomic E-state index is -0.456. The lowest BCUT2D eigenvalue weighted by molar-refractivity contribution is -0.150. The highest BCUT2D eigenvalue weighted by atomic mass is 35.5. The van der Waals surface area contributed by atoms with Crippen molar-refractivity contribution < 1.29 is 9.59 Å². The van der Waals surface area contributed by atoms with E-state index in [1.54, 1.807) is 11.0 Å². The summed E-state index contributed by atoms with van der Waals surface area (Å²) in [6, 6.07) is 6.74. The van der Waals surface area contributed by atoms with Crippen LogP contribution in [0.2, 0.25) is 5.02 Å². The maximum atomic E-state index is 12.2. The predicted molar refractivity (Wildman–Crippen MR) is 78.3 cm³/mol. The molecule has 0 aromatic heterocycles. The highest BCUT2D eigenvalue weighted by Gasteiger charge is 2.39. The number of carbonyl (C=O) groups excluding carboxylic acids is 2. The van der Waals surface area contributed by atoms with Gasteiger partial charge in [-0.25, -0.2) is 0 Å². The monoisotopic (exact) mass is 294 g/mol. The van der Waals surface area contributed by atoms with Gasteiger partial charge in [0.25, 0.3) is 0 Å². The lowest BCUT2D eigenvalue weighted by atomic mass is 9.95. The first-order valence-electron chi connectivity index (χ1n) is 6.76. The number of carbonyl (C=O) groups is 2. The van der Waals surface area contributed by atoms with Crippen LogP contribution in [-0.4, -0.2) is 29.3 Å². The van der Waals surface area contributed by atoms with Gasteiger partial charge in [-0.15, -0.1) is 0 Å². The molecule has 1 aliphatic rings. The van der Waals surface area contributed by atoms with Gasteiger partial charge in [0.15, 0.2) is 0 Å². The van der Waals surface area contributed by atoms with E-state index in [9.17, 15) is 9.59 Å². The zero-order valence-electron chi connectivity index (χ0n) is 11.9. The fraction of sp³-hybridized carbons (Fsp3) is 0.467. The van der Waals surface area contributed by atoms with E-state index in [2.05, 4.69) is 5.32 Å². The summed E-state index contributed by atoms with van der Waals surface area (Å²) < 4.78 is 0. The van der Waals surface area contributed by atoms with Crippen LogP contribution in [0.25, 0.3) is 0 Å². The molecule has 5 heteroatoms. The summed E-state index contributed by atoms with van der Waals surface area (Å²) in [5, 5.41) is 3.26. The number of amides is 2. The van der Waals surface area contributed by atoms with Crippen molar-refractivity contribution in [3.8, 4) is 0 Å². The topological polar surface area (TPSA) is 49.4 Å².